The van der Waals surface area contributed by atoms with Crippen LogP contribution in [0, 0.1) is 0 Å². The largest absolute Gasteiger partial charge is 0.486 e. The van der Waals surface area contributed by atoms with Crippen molar-refractivity contribution in [1.29, 1.82) is 0 Å². The first-order valence-electron chi connectivity index (χ1n) is 10.5. The van der Waals surface area contributed by atoms with Crippen LogP contribution in [0.4, 0.5) is 5.69 Å². The van der Waals surface area contributed by atoms with Gasteiger partial charge in [-0.15, -0.1) is 12.4 Å². The Hall–Kier alpha value is -2.74. The molecule has 180 valence electrons. The average Bonchev–Trinajstić information content (AvgIpc) is 2.87. The maximum Gasteiger partial charge on any atom is 0.229 e. The number of benzene rings is 3. The summed E-state index contributed by atoms with van der Waals surface area (Å²) in [7, 11) is -1.32. The minimum absolute atomic E-state index is 0. The number of hydrogen-bond donors (Lipinski definition) is 1. The number of halogens is 2. The van der Waals surface area contributed by atoms with Gasteiger partial charge in [-0.25, -0.2) is 8.42 Å². The third-order valence-electron chi connectivity index (χ3n) is 5.67. The molecule has 1 aliphatic heterocycles. The molecule has 1 N–H and O–H groups in total. The maximum absolute atomic E-state index is 11.4. The Morgan fingerprint density at radius 1 is 1.06 bits per heavy atom. The molecule has 9 heteroatoms. The van der Waals surface area contributed by atoms with Gasteiger partial charge in [-0.3, -0.25) is 9.71 Å². The Labute approximate surface area is 212 Å². The van der Waals surface area contributed by atoms with Crippen LogP contribution in [0.2, 0.25) is 5.02 Å². The molecule has 6 nitrogen and oxygen atoms in total. The first kappa shape index (κ1) is 25.9. The molecule has 0 aliphatic carbocycles. The van der Waals surface area contributed by atoms with E-state index < -0.39 is 15.6 Å². The van der Waals surface area contributed by atoms with E-state index in [-0.39, 0.29) is 19.0 Å². The summed E-state index contributed by atoms with van der Waals surface area (Å²) in [4.78, 5) is 7.29. The van der Waals surface area contributed by atoms with Crippen LogP contribution in [0.3, 0.4) is 0 Å². The minimum atomic E-state index is -3.32. The van der Waals surface area contributed by atoms with Crippen LogP contribution in [0.25, 0.3) is 0 Å². The zero-order valence-corrected chi connectivity index (χ0v) is 21.5. The van der Waals surface area contributed by atoms with Gasteiger partial charge in [0.1, 0.15) is 23.7 Å². The van der Waals surface area contributed by atoms with E-state index in [0.717, 1.165) is 23.2 Å². The zero-order valence-electron chi connectivity index (χ0n) is 19.2. The molecule has 0 saturated carbocycles. The SMILES string of the molecule is CN1Cc2ccccc2C(C)(c2ccc(Cl)cc2)N=C1COc1ccc(NS(C)(=O)=O)cc1.Cl. The molecule has 0 spiro atoms. The Morgan fingerprint density at radius 3 is 2.35 bits per heavy atom. The van der Waals surface area contributed by atoms with E-state index in [1.54, 1.807) is 24.3 Å². The molecule has 0 radical (unpaired) electrons. The molecule has 3 aromatic carbocycles. The van der Waals surface area contributed by atoms with Crippen molar-refractivity contribution in [1.82, 2.24) is 4.90 Å². The molecule has 1 unspecified atom stereocenters. The molecular weight excluding hydrogens is 493 g/mol. The van der Waals surface area contributed by atoms with Crippen LogP contribution in [0.5, 0.6) is 5.75 Å². The lowest BCUT2D eigenvalue weighted by molar-refractivity contribution is 0.348. The second kappa shape index (κ2) is 10.3. The molecule has 1 heterocycles. The Balaban J connectivity index is 0.00000324. The molecule has 0 bridgehead atoms. The summed E-state index contributed by atoms with van der Waals surface area (Å²) in [5, 5.41) is 0.683. The van der Waals surface area contributed by atoms with Crippen LogP contribution in [-0.2, 0) is 22.1 Å². The highest BCUT2D eigenvalue weighted by molar-refractivity contribution is 7.92. The van der Waals surface area contributed by atoms with Crippen LogP contribution in [-0.4, -0.2) is 39.1 Å². The number of sulfonamides is 1. The molecular formula is C25H27Cl2N3O3S. The van der Waals surface area contributed by atoms with Gasteiger partial charge in [0, 0.05) is 24.3 Å². The van der Waals surface area contributed by atoms with Crippen LogP contribution >= 0.6 is 24.0 Å². The summed E-state index contributed by atoms with van der Waals surface area (Å²) < 4.78 is 31.3. The van der Waals surface area contributed by atoms with E-state index in [1.165, 1.54) is 5.56 Å². The van der Waals surface area contributed by atoms with E-state index in [2.05, 4.69) is 28.7 Å². The number of likely N-dealkylation sites (N-methyl/N-ethyl adjacent to an activating group) is 1. The minimum Gasteiger partial charge on any atom is -0.486 e. The first-order valence-corrected chi connectivity index (χ1v) is 12.8. The van der Waals surface area contributed by atoms with E-state index >= 15 is 0 Å². The fraction of sp³-hybridized carbons (Fsp3) is 0.240. The standard InChI is InChI=1S/C25H26ClN3O3S.ClH/c1-25(19-8-10-20(26)11-9-19)23-7-5-4-6-18(23)16-29(2)24(27-25)17-32-22-14-12-21(13-15-22)28-33(3,30)31;/h4-15,28H,16-17H2,1-3H3;1H. The van der Waals surface area contributed by atoms with Gasteiger partial charge in [-0.05, 0) is 60.0 Å². The monoisotopic (exact) mass is 519 g/mol. The predicted molar refractivity (Wildman–Crippen MR) is 141 cm³/mol. The second-order valence-electron chi connectivity index (χ2n) is 8.31. The van der Waals surface area contributed by atoms with Gasteiger partial charge in [-0.2, -0.15) is 0 Å². The Kier molecular flexibility index (Phi) is 7.81. The highest BCUT2D eigenvalue weighted by Crippen LogP contribution is 2.38. The summed E-state index contributed by atoms with van der Waals surface area (Å²) in [6.45, 7) is 3.09. The predicted octanol–water partition coefficient (Wildman–Crippen LogP) is 5.32. The summed E-state index contributed by atoms with van der Waals surface area (Å²) in [6, 6.07) is 22.9. The van der Waals surface area contributed by atoms with Gasteiger partial charge < -0.3 is 9.64 Å². The summed E-state index contributed by atoms with van der Waals surface area (Å²) in [6.07, 6.45) is 1.12. The maximum atomic E-state index is 11.4. The van der Waals surface area contributed by atoms with Crippen molar-refractivity contribution < 1.29 is 13.2 Å². The number of amidine groups is 1. The van der Waals surface area contributed by atoms with Crippen molar-refractivity contribution in [2.24, 2.45) is 4.99 Å². The quantitative estimate of drug-likeness (QED) is 0.478. The summed E-state index contributed by atoms with van der Waals surface area (Å²) in [5.41, 5.74) is 3.27. The van der Waals surface area contributed by atoms with E-state index in [1.807, 2.05) is 43.4 Å². The smallest absolute Gasteiger partial charge is 0.229 e. The van der Waals surface area contributed by atoms with Gasteiger partial charge in [0.2, 0.25) is 10.0 Å². The normalized spacial score (nSPS) is 17.6. The van der Waals surface area contributed by atoms with Crippen LogP contribution in [0.1, 0.15) is 23.6 Å². The van der Waals surface area contributed by atoms with E-state index in [4.69, 9.17) is 21.3 Å². The highest BCUT2D eigenvalue weighted by atomic mass is 35.5. The van der Waals surface area contributed by atoms with Crippen molar-refractivity contribution >= 4 is 45.6 Å². The van der Waals surface area contributed by atoms with E-state index in [0.29, 0.717) is 23.0 Å². The number of nitrogens with one attached hydrogen (secondary N) is 1. The molecule has 3 aromatic rings. The van der Waals surface area contributed by atoms with Crippen molar-refractivity contribution in [2.45, 2.75) is 19.0 Å². The Morgan fingerprint density at radius 2 is 1.71 bits per heavy atom. The number of rotatable bonds is 6. The van der Waals surface area contributed by atoms with Crippen molar-refractivity contribution in [3.8, 4) is 5.75 Å². The lowest BCUT2D eigenvalue weighted by Gasteiger charge is -2.28. The number of ether oxygens (including phenoxy) is 1. The number of anilines is 1. The van der Waals surface area contributed by atoms with Gasteiger partial charge in [0.05, 0.1) is 6.26 Å². The lowest BCUT2D eigenvalue weighted by atomic mass is 9.83. The summed E-state index contributed by atoms with van der Waals surface area (Å²) in [5.74, 6) is 1.43. The number of hydrogen-bond acceptors (Lipinski definition) is 5. The zero-order chi connectivity index (χ0) is 23.6. The topological polar surface area (TPSA) is 71.0 Å². The molecule has 4 rings (SSSR count). The lowest BCUT2D eigenvalue weighted by Crippen LogP contribution is -2.32. The van der Waals surface area contributed by atoms with Crippen molar-refractivity contribution in [3.63, 3.8) is 0 Å². The van der Waals surface area contributed by atoms with E-state index in [9.17, 15) is 8.42 Å². The molecule has 1 atom stereocenters. The molecule has 0 aromatic heterocycles. The van der Waals surface area contributed by atoms with Gasteiger partial charge >= 0.3 is 0 Å². The molecule has 0 saturated heterocycles. The van der Waals surface area contributed by atoms with Crippen molar-refractivity contribution in [3.05, 3.63) is 94.5 Å². The molecule has 34 heavy (non-hydrogen) atoms. The average molecular weight is 520 g/mol. The third-order valence-corrected chi connectivity index (χ3v) is 6.53. The third kappa shape index (κ3) is 5.84. The van der Waals surface area contributed by atoms with Gasteiger partial charge in [-0.1, -0.05) is 48.0 Å². The number of aliphatic imine (C=N–C) groups is 1. The van der Waals surface area contributed by atoms with Crippen LogP contribution < -0.4 is 9.46 Å². The fourth-order valence-corrected chi connectivity index (χ4v) is 4.69. The van der Waals surface area contributed by atoms with Crippen molar-refractivity contribution in [2.75, 3.05) is 24.6 Å². The van der Waals surface area contributed by atoms with Crippen LogP contribution in [0.15, 0.2) is 77.8 Å². The van der Waals surface area contributed by atoms with Gasteiger partial charge in [0.25, 0.3) is 0 Å². The fourth-order valence-electron chi connectivity index (χ4n) is 4.00. The number of nitrogens with zero attached hydrogens (tertiary/aromatic N) is 2. The molecule has 1 aliphatic rings. The molecule has 0 fully saturated rings. The second-order valence-corrected chi connectivity index (χ2v) is 10.5. The highest BCUT2D eigenvalue weighted by Gasteiger charge is 2.34. The molecule has 0 amide bonds. The van der Waals surface area contributed by atoms with Gasteiger partial charge in [0.15, 0.2) is 0 Å². The Bertz CT molecular complexity index is 1280. The summed E-state index contributed by atoms with van der Waals surface area (Å²) >= 11 is 6.14. The number of fused-ring (bicyclic) bond motifs is 1. The first-order chi connectivity index (χ1) is 15.6.